The van der Waals surface area contributed by atoms with E-state index in [4.69, 9.17) is 35.4 Å². The molecule has 0 saturated carbocycles. The first-order valence-electron chi connectivity index (χ1n) is 5.45. The summed E-state index contributed by atoms with van der Waals surface area (Å²) in [5.41, 5.74) is -0.336. The zero-order chi connectivity index (χ0) is 17.0. The van der Waals surface area contributed by atoms with Gasteiger partial charge in [-0.3, -0.25) is 0 Å². The summed E-state index contributed by atoms with van der Waals surface area (Å²) in [4.78, 5) is 29.0. The van der Waals surface area contributed by atoms with Crippen LogP contribution in [0.5, 0.6) is 0 Å². The minimum atomic E-state index is -1.83. The van der Waals surface area contributed by atoms with Gasteiger partial charge in [-0.05, 0) is 12.5 Å². The fourth-order valence-electron chi connectivity index (χ4n) is 0.901. The Morgan fingerprint density at radius 3 is 1.76 bits per heavy atom. The fraction of sp³-hybridized carbons (Fsp3) is 0.364. The molecule has 10 nitrogen and oxygen atoms in total. The van der Waals surface area contributed by atoms with Gasteiger partial charge in [0, 0.05) is 0 Å². The van der Waals surface area contributed by atoms with E-state index in [0.29, 0.717) is 6.42 Å². The van der Waals surface area contributed by atoms with E-state index in [2.05, 4.69) is 4.42 Å². The van der Waals surface area contributed by atoms with Gasteiger partial charge in [-0.1, -0.05) is 13.3 Å². The zero-order valence-electron chi connectivity index (χ0n) is 11.0. The summed E-state index contributed by atoms with van der Waals surface area (Å²) in [5, 5.41) is 46.9. The number of furan rings is 1. The highest BCUT2D eigenvalue weighted by Gasteiger charge is 2.18. The molecule has 0 unspecified atom stereocenters. The molecule has 0 saturated heterocycles. The third-order valence-electron chi connectivity index (χ3n) is 1.64. The molecular weight excluding hydrogens is 292 g/mol. The van der Waals surface area contributed by atoms with Crippen LogP contribution in [-0.2, 0) is 0 Å². The number of carboxylic acid groups (broad SMARTS) is 4. The fourth-order valence-corrected chi connectivity index (χ4v) is 0.901. The van der Waals surface area contributed by atoms with E-state index in [-0.39, 0.29) is 5.56 Å². The first-order chi connectivity index (χ1) is 9.63. The van der Waals surface area contributed by atoms with Gasteiger partial charge < -0.3 is 35.1 Å². The molecule has 120 valence electrons. The molecule has 1 aromatic heterocycles. The molecule has 0 spiro atoms. The van der Waals surface area contributed by atoms with Gasteiger partial charge in [0.1, 0.15) is 5.56 Å². The summed E-state index contributed by atoms with van der Waals surface area (Å²) in [6.07, 6.45) is -0.597. The lowest BCUT2D eigenvalue weighted by Gasteiger charge is -1.94. The van der Waals surface area contributed by atoms with Crippen molar-refractivity contribution in [2.24, 2.45) is 0 Å². The summed E-state index contributed by atoms with van der Waals surface area (Å²) < 4.78 is 4.41. The summed E-state index contributed by atoms with van der Waals surface area (Å²) in [6, 6.07) is 1.09. The summed E-state index contributed by atoms with van der Waals surface area (Å²) in [7, 11) is 0. The number of rotatable bonds is 4. The van der Waals surface area contributed by atoms with Gasteiger partial charge >= 0.3 is 18.1 Å². The molecule has 1 aromatic rings. The molecule has 1 rings (SSSR count). The van der Waals surface area contributed by atoms with E-state index in [1.54, 1.807) is 0 Å². The van der Waals surface area contributed by atoms with Gasteiger partial charge in [-0.15, -0.1) is 0 Å². The Morgan fingerprint density at radius 2 is 1.57 bits per heavy atom. The normalized spacial score (nSPS) is 8.95. The van der Waals surface area contributed by atoms with E-state index in [1.807, 2.05) is 6.92 Å². The van der Waals surface area contributed by atoms with Gasteiger partial charge in [0.2, 0.25) is 5.76 Å². The minimum Gasteiger partial charge on any atom is -0.478 e. The SMILES string of the molecule is CCCC(O)O.O=C(O)O.O=C(O)c1ccoc1C(=O)O. The standard InChI is InChI=1S/C6H4O5.C4H10O2.CH2O3/c7-5(8)3-1-2-11-4(3)6(9)10;1-2-3-4(5)6;2-1(3)4/h1-2H,(H,7,8)(H,9,10);4-6H,2-3H2,1H3;(H2,2,3,4). The van der Waals surface area contributed by atoms with Gasteiger partial charge in [0.15, 0.2) is 6.29 Å². The molecule has 0 radical (unpaired) electrons. The first kappa shape index (κ1) is 20.7. The summed E-state index contributed by atoms with van der Waals surface area (Å²) >= 11 is 0. The molecule has 10 heteroatoms. The highest BCUT2D eigenvalue weighted by molar-refractivity contribution is 5.99. The van der Waals surface area contributed by atoms with Crippen molar-refractivity contribution in [3.63, 3.8) is 0 Å². The summed E-state index contributed by atoms with van der Waals surface area (Å²) in [6.45, 7) is 1.90. The van der Waals surface area contributed by atoms with E-state index in [9.17, 15) is 9.59 Å². The molecule has 0 aromatic carbocycles. The number of hydrogen-bond acceptors (Lipinski definition) is 6. The molecule has 1 heterocycles. The van der Waals surface area contributed by atoms with Crippen molar-refractivity contribution in [3.05, 3.63) is 23.7 Å². The lowest BCUT2D eigenvalue weighted by atomic mass is 10.2. The summed E-state index contributed by atoms with van der Waals surface area (Å²) in [5.74, 6) is -3.24. The molecule has 0 amide bonds. The van der Waals surface area contributed by atoms with Crippen molar-refractivity contribution < 1.29 is 49.4 Å². The van der Waals surface area contributed by atoms with Crippen molar-refractivity contribution >= 4 is 18.1 Å². The molecule has 0 aliphatic heterocycles. The molecule has 0 aliphatic carbocycles. The van der Waals surface area contributed by atoms with Crippen LogP contribution >= 0.6 is 0 Å². The quantitative estimate of drug-likeness (QED) is 0.438. The van der Waals surface area contributed by atoms with Crippen molar-refractivity contribution in [1.29, 1.82) is 0 Å². The Bertz CT molecular complexity index is 415. The van der Waals surface area contributed by atoms with Gasteiger partial charge in [-0.25, -0.2) is 14.4 Å². The van der Waals surface area contributed by atoms with Crippen LogP contribution in [0.4, 0.5) is 4.79 Å². The van der Waals surface area contributed by atoms with Crippen molar-refractivity contribution in [1.82, 2.24) is 0 Å². The number of hydrogen-bond donors (Lipinski definition) is 6. The largest absolute Gasteiger partial charge is 0.503 e. The molecule has 0 aliphatic rings. The van der Waals surface area contributed by atoms with Crippen LogP contribution in [0.3, 0.4) is 0 Å². The highest BCUT2D eigenvalue weighted by atomic mass is 16.6. The van der Waals surface area contributed by atoms with E-state index in [0.717, 1.165) is 18.8 Å². The third-order valence-corrected chi connectivity index (χ3v) is 1.64. The van der Waals surface area contributed by atoms with Crippen LogP contribution in [-0.4, -0.2) is 55.0 Å². The second-order valence-corrected chi connectivity index (χ2v) is 3.33. The number of aliphatic hydroxyl groups excluding tert-OH is 1. The van der Waals surface area contributed by atoms with Crippen LogP contribution < -0.4 is 0 Å². The zero-order valence-corrected chi connectivity index (χ0v) is 11.0. The Kier molecular flexibility index (Phi) is 11.1. The Morgan fingerprint density at radius 1 is 1.10 bits per heavy atom. The van der Waals surface area contributed by atoms with E-state index >= 15 is 0 Å². The topological polar surface area (TPSA) is 186 Å². The smallest absolute Gasteiger partial charge is 0.478 e. The third kappa shape index (κ3) is 12.2. The van der Waals surface area contributed by atoms with Crippen LogP contribution in [0.15, 0.2) is 16.7 Å². The maximum atomic E-state index is 10.3. The molecule has 0 atom stereocenters. The van der Waals surface area contributed by atoms with E-state index < -0.39 is 30.1 Å². The molecule has 0 fully saturated rings. The number of aromatic carboxylic acids is 2. The Hall–Kier alpha value is -2.59. The number of carbonyl (C=O) groups is 3. The van der Waals surface area contributed by atoms with Gasteiger partial charge in [-0.2, -0.15) is 0 Å². The minimum absolute atomic E-state index is 0.336. The van der Waals surface area contributed by atoms with Crippen LogP contribution in [0, 0.1) is 0 Å². The van der Waals surface area contributed by atoms with Crippen molar-refractivity contribution in [3.8, 4) is 0 Å². The molecular formula is C11H16O10. The van der Waals surface area contributed by atoms with Crippen LogP contribution in [0.25, 0.3) is 0 Å². The number of aliphatic hydroxyl groups is 2. The number of carboxylic acids is 2. The molecule has 6 N–H and O–H groups in total. The monoisotopic (exact) mass is 308 g/mol. The van der Waals surface area contributed by atoms with Crippen molar-refractivity contribution in [2.45, 2.75) is 26.1 Å². The lowest BCUT2D eigenvalue weighted by Crippen LogP contribution is -2.03. The highest BCUT2D eigenvalue weighted by Crippen LogP contribution is 2.09. The molecule has 0 bridgehead atoms. The van der Waals surface area contributed by atoms with E-state index in [1.165, 1.54) is 0 Å². The second-order valence-electron chi connectivity index (χ2n) is 3.33. The maximum absolute atomic E-state index is 10.3. The Labute approximate surface area is 118 Å². The average Bonchev–Trinajstić information content (AvgIpc) is 2.77. The van der Waals surface area contributed by atoms with Gasteiger partial charge in [0.05, 0.1) is 6.26 Å². The maximum Gasteiger partial charge on any atom is 0.503 e. The van der Waals surface area contributed by atoms with Gasteiger partial charge in [0.25, 0.3) is 0 Å². The lowest BCUT2D eigenvalue weighted by molar-refractivity contribution is -0.0453. The molecule has 21 heavy (non-hydrogen) atoms. The average molecular weight is 308 g/mol. The van der Waals surface area contributed by atoms with Crippen LogP contribution in [0.1, 0.15) is 40.7 Å². The predicted molar refractivity (Wildman–Crippen MR) is 66.4 cm³/mol. The predicted octanol–water partition coefficient (Wildman–Crippen LogP) is 0.996. The van der Waals surface area contributed by atoms with Crippen LogP contribution in [0.2, 0.25) is 0 Å². The Balaban J connectivity index is 0. The second kappa shape index (κ2) is 11.3. The van der Waals surface area contributed by atoms with Crippen molar-refractivity contribution in [2.75, 3.05) is 0 Å². The first-order valence-corrected chi connectivity index (χ1v) is 5.45.